The van der Waals surface area contributed by atoms with Gasteiger partial charge in [0, 0.05) is 29.2 Å². The maximum absolute atomic E-state index is 12.6. The van der Waals surface area contributed by atoms with Crippen LogP contribution in [-0.2, 0) is 10.0 Å². The monoisotopic (exact) mass is 417 g/mol. The quantitative estimate of drug-likeness (QED) is 0.731. The van der Waals surface area contributed by atoms with Crippen molar-refractivity contribution in [1.82, 2.24) is 9.62 Å². The van der Waals surface area contributed by atoms with Gasteiger partial charge in [-0.1, -0.05) is 18.2 Å². The fourth-order valence-electron chi connectivity index (χ4n) is 4.08. The van der Waals surface area contributed by atoms with Crippen LogP contribution in [0.2, 0.25) is 0 Å². The van der Waals surface area contributed by atoms with Gasteiger partial charge >= 0.3 is 6.03 Å². The van der Waals surface area contributed by atoms with E-state index in [1.165, 1.54) is 0 Å². The average molecular weight is 418 g/mol. The summed E-state index contributed by atoms with van der Waals surface area (Å²) in [7, 11) is -3.53. The van der Waals surface area contributed by atoms with Crippen molar-refractivity contribution in [2.45, 2.75) is 34.7 Å². The lowest BCUT2D eigenvalue weighted by molar-refractivity contribution is 0.188. The number of anilines is 1. The lowest BCUT2D eigenvalue weighted by Gasteiger charge is -2.31. The number of piperidine rings is 1. The van der Waals surface area contributed by atoms with E-state index in [-0.39, 0.29) is 28.9 Å². The Balaban J connectivity index is 1.36. The predicted octanol–water partition coefficient (Wildman–Crippen LogP) is 3.38. The Labute approximate surface area is 169 Å². The van der Waals surface area contributed by atoms with Gasteiger partial charge in [0.1, 0.15) is 0 Å². The highest BCUT2D eigenvalue weighted by Crippen LogP contribution is 2.38. The van der Waals surface area contributed by atoms with Gasteiger partial charge in [-0.05, 0) is 61.4 Å². The number of rotatable bonds is 5. The zero-order valence-corrected chi connectivity index (χ0v) is 17.2. The van der Waals surface area contributed by atoms with Crippen molar-refractivity contribution in [3.8, 4) is 0 Å². The summed E-state index contributed by atoms with van der Waals surface area (Å²) in [4.78, 5) is 15.9. The zero-order valence-electron chi connectivity index (χ0n) is 15.5. The number of hydrogen-bond acceptors (Lipinski definition) is 4. The summed E-state index contributed by atoms with van der Waals surface area (Å²) in [5.41, 5.74) is 0.770. The summed E-state index contributed by atoms with van der Waals surface area (Å²) in [6.07, 6.45) is 3.49. The number of carbonyl (C=O) groups is 1. The molecule has 1 heterocycles. The normalized spacial score (nSPS) is 23.8. The number of nitrogens with zero attached hydrogens (tertiary/aromatic N) is 1. The average Bonchev–Trinajstić information content (AvgIpc) is 3.29. The number of urea groups is 1. The summed E-state index contributed by atoms with van der Waals surface area (Å²) in [5.74, 6) is 0.146. The minimum Gasteiger partial charge on any atom is -0.321 e. The van der Waals surface area contributed by atoms with Crippen LogP contribution in [0.15, 0.2) is 64.4 Å². The van der Waals surface area contributed by atoms with E-state index in [0.717, 1.165) is 17.0 Å². The molecular weight excluding hydrogens is 394 g/mol. The molecule has 3 unspecified atom stereocenters. The molecule has 1 aliphatic heterocycles. The highest BCUT2D eigenvalue weighted by atomic mass is 32.2. The molecule has 0 aromatic heterocycles. The number of fused-ring (bicyclic) bond motifs is 2. The van der Waals surface area contributed by atoms with Crippen molar-refractivity contribution >= 4 is 33.5 Å². The molecule has 2 aromatic rings. The van der Waals surface area contributed by atoms with Crippen LogP contribution in [0, 0.1) is 5.92 Å². The Kier molecular flexibility index (Phi) is 5.35. The number of thioether (sulfide) groups is 1. The number of sulfonamides is 1. The van der Waals surface area contributed by atoms with Gasteiger partial charge in [-0.25, -0.2) is 17.9 Å². The maximum atomic E-state index is 12.6. The molecule has 1 saturated heterocycles. The Hall–Kier alpha value is -2.03. The number of benzene rings is 2. The summed E-state index contributed by atoms with van der Waals surface area (Å²) in [6, 6.07) is 16.0. The second-order valence-electron chi connectivity index (χ2n) is 7.24. The van der Waals surface area contributed by atoms with Crippen LogP contribution in [0.5, 0.6) is 0 Å². The van der Waals surface area contributed by atoms with Gasteiger partial charge in [-0.15, -0.1) is 11.8 Å². The molecule has 2 aliphatic rings. The van der Waals surface area contributed by atoms with E-state index in [1.54, 1.807) is 42.1 Å². The van der Waals surface area contributed by atoms with Crippen molar-refractivity contribution in [3.05, 3.63) is 54.6 Å². The zero-order chi connectivity index (χ0) is 19.7. The molecular formula is C20H23N3O3S2. The van der Waals surface area contributed by atoms with Gasteiger partial charge in [-0.3, -0.25) is 0 Å². The van der Waals surface area contributed by atoms with Crippen LogP contribution in [0.25, 0.3) is 0 Å². The Morgan fingerprint density at radius 2 is 1.79 bits per heavy atom. The van der Waals surface area contributed by atoms with E-state index < -0.39 is 10.0 Å². The van der Waals surface area contributed by atoms with E-state index >= 15 is 0 Å². The molecule has 2 fully saturated rings. The second kappa shape index (κ2) is 7.77. The molecule has 4 rings (SSSR count). The molecule has 0 radical (unpaired) electrons. The first kappa shape index (κ1) is 19.3. The highest BCUT2D eigenvalue weighted by molar-refractivity contribution is 7.98. The van der Waals surface area contributed by atoms with Gasteiger partial charge in [0.25, 0.3) is 0 Å². The number of carbonyl (C=O) groups excluding carboxylic acids is 1. The third kappa shape index (κ3) is 3.90. The summed E-state index contributed by atoms with van der Waals surface area (Å²) >= 11 is 1.66. The lowest BCUT2D eigenvalue weighted by atomic mass is 10.0. The number of likely N-dealkylation sites (tertiary alicyclic amines) is 1. The molecule has 28 heavy (non-hydrogen) atoms. The minimum absolute atomic E-state index is 0.0685. The third-order valence-electron chi connectivity index (χ3n) is 5.50. The Morgan fingerprint density at radius 1 is 1.07 bits per heavy atom. The molecule has 2 amide bonds. The van der Waals surface area contributed by atoms with Gasteiger partial charge < -0.3 is 10.2 Å². The van der Waals surface area contributed by atoms with Crippen LogP contribution in [0.3, 0.4) is 0 Å². The molecule has 2 aromatic carbocycles. The molecule has 2 N–H and O–H groups in total. The molecule has 3 atom stereocenters. The molecule has 1 saturated carbocycles. The first-order valence-electron chi connectivity index (χ1n) is 9.25. The van der Waals surface area contributed by atoms with Crippen molar-refractivity contribution < 1.29 is 13.2 Å². The largest absolute Gasteiger partial charge is 0.322 e. The van der Waals surface area contributed by atoms with Crippen molar-refractivity contribution in [2.75, 3.05) is 18.1 Å². The van der Waals surface area contributed by atoms with E-state index in [4.69, 9.17) is 0 Å². The molecule has 2 bridgehead atoms. The highest BCUT2D eigenvalue weighted by Gasteiger charge is 2.47. The number of hydrogen-bond donors (Lipinski definition) is 2. The van der Waals surface area contributed by atoms with Gasteiger partial charge in [-0.2, -0.15) is 0 Å². The summed E-state index contributed by atoms with van der Waals surface area (Å²) < 4.78 is 28.0. The van der Waals surface area contributed by atoms with Gasteiger partial charge in [0.2, 0.25) is 10.0 Å². The maximum Gasteiger partial charge on any atom is 0.322 e. The molecule has 8 heteroatoms. The van der Waals surface area contributed by atoms with E-state index in [2.05, 4.69) is 10.0 Å². The van der Waals surface area contributed by atoms with E-state index in [0.29, 0.717) is 13.0 Å². The standard InChI is InChI=1S/C20H23N3O3S2/c1-27-17-9-7-15(8-10-17)21-20(24)23-13-14-11-16(23)12-19(14)22-28(25,26)18-5-3-2-4-6-18/h2-10,14,16,19,22H,11-13H2,1H3,(H,21,24). The molecule has 0 spiro atoms. The topological polar surface area (TPSA) is 78.5 Å². The fraction of sp³-hybridized carbons (Fsp3) is 0.350. The van der Waals surface area contributed by atoms with Crippen molar-refractivity contribution in [2.24, 2.45) is 5.92 Å². The summed E-state index contributed by atoms with van der Waals surface area (Å²) in [5, 5.41) is 2.95. The van der Waals surface area contributed by atoms with E-state index in [1.807, 2.05) is 35.4 Å². The van der Waals surface area contributed by atoms with Crippen molar-refractivity contribution in [1.29, 1.82) is 0 Å². The third-order valence-corrected chi connectivity index (χ3v) is 7.75. The first-order chi connectivity index (χ1) is 13.5. The van der Waals surface area contributed by atoms with Crippen LogP contribution >= 0.6 is 11.8 Å². The second-order valence-corrected chi connectivity index (χ2v) is 9.83. The smallest absolute Gasteiger partial charge is 0.321 e. The molecule has 148 valence electrons. The Morgan fingerprint density at radius 3 is 2.39 bits per heavy atom. The van der Waals surface area contributed by atoms with Crippen LogP contribution in [-0.4, -0.2) is 44.2 Å². The minimum atomic E-state index is -3.53. The fourth-order valence-corrected chi connectivity index (χ4v) is 5.83. The lowest BCUT2D eigenvalue weighted by Crippen LogP contribution is -2.48. The SMILES string of the molecule is CSc1ccc(NC(=O)N2CC3CC2CC3NS(=O)(=O)c2ccccc2)cc1. The van der Waals surface area contributed by atoms with Crippen LogP contribution in [0.1, 0.15) is 12.8 Å². The Bertz CT molecular complexity index is 948. The van der Waals surface area contributed by atoms with Gasteiger partial charge in [0.05, 0.1) is 4.90 Å². The van der Waals surface area contributed by atoms with E-state index in [9.17, 15) is 13.2 Å². The van der Waals surface area contributed by atoms with Crippen LogP contribution < -0.4 is 10.0 Å². The predicted molar refractivity (Wildman–Crippen MR) is 111 cm³/mol. The van der Waals surface area contributed by atoms with Gasteiger partial charge in [0.15, 0.2) is 0 Å². The number of amides is 2. The summed E-state index contributed by atoms with van der Waals surface area (Å²) in [6.45, 7) is 0.571. The first-order valence-corrected chi connectivity index (χ1v) is 12.0. The number of nitrogens with one attached hydrogen (secondary N) is 2. The molecule has 1 aliphatic carbocycles. The van der Waals surface area contributed by atoms with Crippen molar-refractivity contribution in [3.63, 3.8) is 0 Å². The van der Waals surface area contributed by atoms with Crippen LogP contribution in [0.4, 0.5) is 10.5 Å². The molecule has 6 nitrogen and oxygen atoms in total.